The minimum absolute atomic E-state index is 0.00152. The number of halogens is 1. The minimum Gasteiger partial charge on any atom is -0.354 e. The van der Waals surface area contributed by atoms with Crippen LogP contribution in [0.25, 0.3) is 0 Å². The van der Waals surface area contributed by atoms with Crippen LogP contribution in [0.1, 0.15) is 47.1 Å². The Morgan fingerprint density at radius 2 is 2.00 bits per heavy atom. The molecule has 1 aromatic heterocycles. The molecule has 0 amide bonds. The van der Waals surface area contributed by atoms with E-state index >= 15 is 0 Å². The molecule has 4 heteroatoms. The zero-order valence-corrected chi connectivity index (χ0v) is 12.9. The van der Waals surface area contributed by atoms with Crippen LogP contribution < -0.4 is 10.2 Å². The first-order valence-corrected chi connectivity index (χ1v) is 6.90. The Hall–Kier alpha value is -1.16. The zero-order chi connectivity index (χ0) is 14.6. The fraction of sp³-hybridized carbons (Fsp3) is 0.667. The van der Waals surface area contributed by atoms with Crippen molar-refractivity contribution in [3.8, 4) is 0 Å². The Balaban J connectivity index is 3.03. The van der Waals surface area contributed by atoms with Crippen LogP contribution in [0.5, 0.6) is 0 Å². The molecule has 1 rings (SSSR count). The number of nitrogens with one attached hydrogen (secondary N) is 1. The van der Waals surface area contributed by atoms with Crippen molar-refractivity contribution in [2.24, 2.45) is 0 Å². The van der Waals surface area contributed by atoms with Gasteiger partial charge >= 0.3 is 0 Å². The molecule has 0 bridgehead atoms. The summed E-state index contributed by atoms with van der Waals surface area (Å²) >= 11 is 0. The fourth-order valence-corrected chi connectivity index (χ4v) is 1.98. The van der Waals surface area contributed by atoms with Crippen molar-refractivity contribution in [3.63, 3.8) is 0 Å². The molecule has 0 saturated carbocycles. The van der Waals surface area contributed by atoms with E-state index in [0.717, 1.165) is 17.9 Å². The Labute approximate surface area is 116 Å². The van der Waals surface area contributed by atoms with E-state index in [2.05, 4.69) is 56.7 Å². The third kappa shape index (κ3) is 4.78. The molecule has 0 aliphatic carbocycles. The van der Waals surface area contributed by atoms with Crippen LogP contribution in [0.4, 0.5) is 10.2 Å². The standard InChI is InChI=1S/C15H26FN3/c1-7-19(11(2)3)14-12(8-13(16)10-17-14)9-18-15(4,5)6/h8,10-11,18H,7,9H2,1-6H3. The fourth-order valence-electron chi connectivity index (χ4n) is 1.98. The summed E-state index contributed by atoms with van der Waals surface area (Å²) in [6.07, 6.45) is 1.29. The van der Waals surface area contributed by atoms with E-state index in [9.17, 15) is 4.39 Å². The highest BCUT2D eigenvalue weighted by molar-refractivity contribution is 5.47. The molecule has 0 fully saturated rings. The lowest BCUT2D eigenvalue weighted by atomic mass is 10.1. The van der Waals surface area contributed by atoms with Gasteiger partial charge in [-0.15, -0.1) is 0 Å². The van der Waals surface area contributed by atoms with Crippen LogP contribution >= 0.6 is 0 Å². The second-order valence-electron chi connectivity index (χ2n) is 6.12. The molecule has 1 aromatic rings. The van der Waals surface area contributed by atoms with Crippen LogP contribution in [-0.4, -0.2) is 23.1 Å². The molecule has 0 atom stereocenters. The summed E-state index contributed by atoms with van der Waals surface area (Å²) in [5.41, 5.74) is 0.906. The summed E-state index contributed by atoms with van der Waals surface area (Å²) in [5.74, 6) is 0.588. The molecule has 1 heterocycles. The Kier molecular flexibility index (Phi) is 5.29. The van der Waals surface area contributed by atoms with Crippen LogP contribution in [0, 0.1) is 5.82 Å². The molecule has 0 radical (unpaired) electrons. The lowest BCUT2D eigenvalue weighted by molar-refractivity contribution is 0.423. The second-order valence-corrected chi connectivity index (χ2v) is 6.12. The SMILES string of the molecule is CCN(c1ncc(F)cc1CNC(C)(C)C)C(C)C. The normalized spacial score (nSPS) is 12.0. The lowest BCUT2D eigenvalue weighted by Crippen LogP contribution is -2.37. The van der Waals surface area contributed by atoms with Gasteiger partial charge in [0.15, 0.2) is 0 Å². The highest BCUT2D eigenvalue weighted by atomic mass is 19.1. The highest BCUT2D eigenvalue weighted by Gasteiger charge is 2.17. The smallest absolute Gasteiger partial charge is 0.141 e. The molecule has 0 spiro atoms. The van der Waals surface area contributed by atoms with Gasteiger partial charge in [0.25, 0.3) is 0 Å². The van der Waals surface area contributed by atoms with Gasteiger partial charge in [0, 0.05) is 30.2 Å². The van der Waals surface area contributed by atoms with E-state index in [1.807, 2.05) is 0 Å². The number of anilines is 1. The minimum atomic E-state index is -0.283. The van der Waals surface area contributed by atoms with Crippen molar-refractivity contribution in [2.45, 2.75) is 59.7 Å². The third-order valence-corrected chi connectivity index (χ3v) is 2.95. The molecule has 0 saturated heterocycles. The Morgan fingerprint density at radius 1 is 1.37 bits per heavy atom. The van der Waals surface area contributed by atoms with Crippen LogP contribution in [-0.2, 0) is 6.54 Å². The van der Waals surface area contributed by atoms with E-state index in [-0.39, 0.29) is 11.4 Å². The topological polar surface area (TPSA) is 28.2 Å². The van der Waals surface area contributed by atoms with Crippen LogP contribution in [0.2, 0.25) is 0 Å². The van der Waals surface area contributed by atoms with Crippen molar-refractivity contribution in [3.05, 3.63) is 23.6 Å². The van der Waals surface area contributed by atoms with Gasteiger partial charge in [0.2, 0.25) is 0 Å². The van der Waals surface area contributed by atoms with Crippen molar-refractivity contribution < 1.29 is 4.39 Å². The summed E-state index contributed by atoms with van der Waals surface area (Å²) in [4.78, 5) is 6.46. The number of hydrogen-bond acceptors (Lipinski definition) is 3. The predicted molar refractivity (Wildman–Crippen MR) is 78.9 cm³/mol. The molecule has 108 valence electrons. The maximum atomic E-state index is 13.4. The zero-order valence-electron chi connectivity index (χ0n) is 12.9. The number of rotatable bonds is 5. The number of hydrogen-bond donors (Lipinski definition) is 1. The summed E-state index contributed by atoms with van der Waals surface area (Å²) < 4.78 is 13.4. The maximum absolute atomic E-state index is 13.4. The van der Waals surface area contributed by atoms with Crippen LogP contribution in [0.3, 0.4) is 0 Å². The van der Waals surface area contributed by atoms with Gasteiger partial charge in [0.05, 0.1) is 6.20 Å². The number of pyridine rings is 1. The first kappa shape index (κ1) is 15.9. The lowest BCUT2D eigenvalue weighted by Gasteiger charge is -2.29. The van der Waals surface area contributed by atoms with Gasteiger partial charge in [-0.2, -0.15) is 0 Å². The van der Waals surface area contributed by atoms with Crippen molar-refractivity contribution in [2.75, 3.05) is 11.4 Å². The molecule has 19 heavy (non-hydrogen) atoms. The molecule has 1 N–H and O–H groups in total. The van der Waals surface area contributed by atoms with Gasteiger partial charge in [-0.05, 0) is 47.6 Å². The van der Waals surface area contributed by atoms with Gasteiger partial charge in [-0.25, -0.2) is 9.37 Å². The Morgan fingerprint density at radius 3 is 2.47 bits per heavy atom. The van der Waals surface area contributed by atoms with Gasteiger partial charge in [-0.3, -0.25) is 0 Å². The molecule has 3 nitrogen and oxygen atoms in total. The predicted octanol–water partition coefficient (Wildman–Crippen LogP) is 3.34. The molecular formula is C15H26FN3. The van der Waals surface area contributed by atoms with Gasteiger partial charge in [0.1, 0.15) is 11.6 Å². The van der Waals surface area contributed by atoms with Crippen molar-refractivity contribution in [1.29, 1.82) is 0 Å². The molecule has 0 aliphatic heterocycles. The van der Waals surface area contributed by atoms with Gasteiger partial charge in [-0.1, -0.05) is 0 Å². The third-order valence-electron chi connectivity index (χ3n) is 2.95. The monoisotopic (exact) mass is 267 g/mol. The van der Waals surface area contributed by atoms with Crippen LogP contribution in [0.15, 0.2) is 12.3 Å². The summed E-state index contributed by atoms with van der Waals surface area (Å²) in [7, 11) is 0. The summed E-state index contributed by atoms with van der Waals surface area (Å²) in [5, 5.41) is 3.39. The van der Waals surface area contributed by atoms with E-state index in [1.165, 1.54) is 6.20 Å². The largest absolute Gasteiger partial charge is 0.354 e. The second kappa shape index (κ2) is 6.33. The summed E-state index contributed by atoms with van der Waals surface area (Å²) in [6.45, 7) is 14.1. The molecule has 0 unspecified atom stereocenters. The average molecular weight is 267 g/mol. The number of aromatic nitrogens is 1. The molecular weight excluding hydrogens is 241 g/mol. The highest BCUT2D eigenvalue weighted by Crippen LogP contribution is 2.21. The summed E-state index contributed by atoms with van der Waals surface area (Å²) in [6, 6.07) is 1.92. The van der Waals surface area contributed by atoms with E-state index in [4.69, 9.17) is 0 Å². The van der Waals surface area contributed by atoms with Crippen molar-refractivity contribution >= 4 is 5.82 Å². The maximum Gasteiger partial charge on any atom is 0.141 e. The van der Waals surface area contributed by atoms with E-state index in [0.29, 0.717) is 12.6 Å². The van der Waals surface area contributed by atoms with E-state index < -0.39 is 0 Å². The van der Waals surface area contributed by atoms with Gasteiger partial charge < -0.3 is 10.2 Å². The van der Waals surface area contributed by atoms with E-state index in [1.54, 1.807) is 6.07 Å². The average Bonchev–Trinajstić information content (AvgIpc) is 2.28. The first-order chi connectivity index (χ1) is 8.74. The Bertz CT molecular complexity index is 410. The first-order valence-electron chi connectivity index (χ1n) is 6.90. The number of nitrogens with zero attached hydrogens (tertiary/aromatic N) is 2. The van der Waals surface area contributed by atoms with Crippen molar-refractivity contribution in [1.82, 2.24) is 10.3 Å². The molecule has 0 aliphatic rings. The molecule has 0 aromatic carbocycles. The quantitative estimate of drug-likeness (QED) is 0.887.